The Balaban J connectivity index is 1.97. The van der Waals surface area contributed by atoms with Gasteiger partial charge >= 0.3 is 12.0 Å². The molecule has 6 nitrogen and oxygen atoms in total. The zero-order valence-electron chi connectivity index (χ0n) is 12.3. The molecule has 0 bridgehead atoms. The van der Waals surface area contributed by atoms with Gasteiger partial charge in [0.25, 0.3) is 0 Å². The molecule has 0 aliphatic carbocycles. The van der Waals surface area contributed by atoms with Crippen molar-refractivity contribution in [3.8, 4) is 5.75 Å². The molecule has 0 atom stereocenters. The summed E-state index contributed by atoms with van der Waals surface area (Å²) in [7, 11) is 3.31. The molecule has 0 unspecified atom stereocenters. The first-order valence-corrected chi connectivity index (χ1v) is 6.92. The van der Waals surface area contributed by atoms with Crippen LogP contribution < -0.4 is 9.64 Å². The number of nitrogens with zero attached hydrogens (tertiary/aromatic N) is 2. The lowest BCUT2D eigenvalue weighted by Gasteiger charge is -2.33. The van der Waals surface area contributed by atoms with E-state index in [2.05, 4.69) is 0 Å². The van der Waals surface area contributed by atoms with Crippen LogP contribution in [0.15, 0.2) is 24.3 Å². The molecule has 1 aliphatic rings. The van der Waals surface area contributed by atoms with Gasteiger partial charge in [0.05, 0.1) is 13.0 Å². The molecular weight excluding hydrogens is 272 g/mol. The molecule has 114 valence electrons. The minimum atomic E-state index is -0.773. The van der Waals surface area contributed by atoms with Gasteiger partial charge in [0.1, 0.15) is 5.75 Å². The van der Waals surface area contributed by atoms with Crippen LogP contribution in [0.3, 0.4) is 0 Å². The van der Waals surface area contributed by atoms with Crippen molar-refractivity contribution in [1.82, 2.24) is 4.90 Å². The number of piperidine rings is 1. The van der Waals surface area contributed by atoms with Gasteiger partial charge in [0.2, 0.25) is 0 Å². The van der Waals surface area contributed by atoms with Crippen LogP contribution in [0.5, 0.6) is 5.75 Å². The zero-order chi connectivity index (χ0) is 15.4. The summed E-state index contributed by atoms with van der Waals surface area (Å²) in [5.41, 5.74) is 0.779. The van der Waals surface area contributed by atoms with Crippen molar-refractivity contribution in [3.05, 3.63) is 24.3 Å². The first-order chi connectivity index (χ1) is 10.0. The van der Waals surface area contributed by atoms with Gasteiger partial charge in [-0.3, -0.25) is 9.69 Å². The summed E-state index contributed by atoms with van der Waals surface area (Å²) in [6.07, 6.45) is 1.02. The number of carboxylic acids is 1. The molecule has 2 amide bonds. The Morgan fingerprint density at radius 2 is 1.81 bits per heavy atom. The normalized spacial score (nSPS) is 15.6. The average Bonchev–Trinajstić information content (AvgIpc) is 2.53. The molecule has 1 heterocycles. The van der Waals surface area contributed by atoms with Crippen LogP contribution in [0.2, 0.25) is 0 Å². The van der Waals surface area contributed by atoms with Crippen LogP contribution in [-0.4, -0.2) is 49.3 Å². The van der Waals surface area contributed by atoms with E-state index in [1.54, 1.807) is 36.1 Å². The molecule has 1 aromatic carbocycles. The van der Waals surface area contributed by atoms with Crippen molar-refractivity contribution < 1.29 is 19.4 Å². The van der Waals surface area contributed by atoms with Gasteiger partial charge in [0, 0.05) is 25.8 Å². The highest BCUT2D eigenvalue weighted by Crippen LogP contribution is 2.22. The van der Waals surface area contributed by atoms with Crippen LogP contribution in [0.25, 0.3) is 0 Å². The third kappa shape index (κ3) is 3.45. The number of carbonyl (C=O) groups excluding carboxylic acids is 1. The van der Waals surface area contributed by atoms with Crippen molar-refractivity contribution >= 4 is 17.7 Å². The van der Waals surface area contributed by atoms with Crippen LogP contribution in [0.4, 0.5) is 10.5 Å². The van der Waals surface area contributed by atoms with Gasteiger partial charge in [-0.05, 0) is 37.1 Å². The smallest absolute Gasteiger partial charge is 0.324 e. The summed E-state index contributed by atoms with van der Waals surface area (Å²) in [6, 6.07) is 7.14. The number of hydrogen-bond donors (Lipinski definition) is 1. The number of anilines is 1. The third-order valence-electron chi connectivity index (χ3n) is 3.86. The second-order valence-corrected chi connectivity index (χ2v) is 5.14. The van der Waals surface area contributed by atoms with Crippen LogP contribution in [0, 0.1) is 5.92 Å². The van der Waals surface area contributed by atoms with E-state index in [4.69, 9.17) is 9.84 Å². The number of rotatable bonds is 3. The largest absolute Gasteiger partial charge is 0.497 e. The molecule has 0 radical (unpaired) electrons. The van der Waals surface area contributed by atoms with E-state index in [1.807, 2.05) is 12.1 Å². The third-order valence-corrected chi connectivity index (χ3v) is 3.86. The molecular formula is C15H20N2O4. The van der Waals surface area contributed by atoms with Gasteiger partial charge in [-0.2, -0.15) is 0 Å². The number of carboxylic acid groups (broad SMARTS) is 1. The Kier molecular flexibility index (Phi) is 4.67. The number of likely N-dealkylation sites (tertiary alicyclic amines) is 1. The zero-order valence-corrected chi connectivity index (χ0v) is 12.3. The number of carbonyl (C=O) groups is 2. The monoisotopic (exact) mass is 292 g/mol. The highest BCUT2D eigenvalue weighted by Gasteiger charge is 2.28. The van der Waals surface area contributed by atoms with Gasteiger partial charge in [0.15, 0.2) is 0 Å². The molecule has 0 spiro atoms. The van der Waals surface area contributed by atoms with Crippen molar-refractivity contribution in [1.29, 1.82) is 0 Å². The maximum absolute atomic E-state index is 12.4. The number of methoxy groups -OCH3 is 1. The van der Waals surface area contributed by atoms with Crippen molar-refractivity contribution in [2.45, 2.75) is 12.8 Å². The summed E-state index contributed by atoms with van der Waals surface area (Å²) in [4.78, 5) is 26.6. The molecule has 0 saturated carbocycles. The lowest BCUT2D eigenvalue weighted by Crippen LogP contribution is -2.46. The summed E-state index contributed by atoms with van der Waals surface area (Å²) in [5.74, 6) is -0.368. The lowest BCUT2D eigenvalue weighted by atomic mass is 9.97. The van der Waals surface area contributed by atoms with Crippen LogP contribution >= 0.6 is 0 Å². The quantitative estimate of drug-likeness (QED) is 0.925. The maximum atomic E-state index is 12.4. The SMILES string of the molecule is COc1ccc(N(C)C(=O)N2CCC(C(=O)O)CC2)cc1. The minimum Gasteiger partial charge on any atom is -0.497 e. The van der Waals surface area contributed by atoms with E-state index in [0.717, 1.165) is 11.4 Å². The van der Waals surface area contributed by atoms with E-state index >= 15 is 0 Å². The number of hydrogen-bond acceptors (Lipinski definition) is 3. The summed E-state index contributed by atoms with van der Waals surface area (Å²) in [5, 5.41) is 8.97. The molecule has 1 fully saturated rings. The molecule has 2 rings (SSSR count). The molecule has 1 aliphatic heterocycles. The van der Waals surface area contributed by atoms with E-state index in [-0.39, 0.29) is 11.9 Å². The van der Waals surface area contributed by atoms with Gasteiger partial charge in [-0.1, -0.05) is 0 Å². The topological polar surface area (TPSA) is 70.1 Å². The first-order valence-electron chi connectivity index (χ1n) is 6.92. The van der Waals surface area contributed by atoms with Crippen molar-refractivity contribution in [2.75, 3.05) is 32.1 Å². The highest BCUT2D eigenvalue weighted by molar-refractivity contribution is 5.91. The fourth-order valence-corrected chi connectivity index (χ4v) is 2.45. The van der Waals surface area contributed by atoms with Crippen LogP contribution in [0.1, 0.15) is 12.8 Å². The molecule has 6 heteroatoms. The fourth-order valence-electron chi connectivity index (χ4n) is 2.45. The Labute approximate surface area is 123 Å². The second-order valence-electron chi connectivity index (χ2n) is 5.14. The fraction of sp³-hybridized carbons (Fsp3) is 0.467. The number of amides is 2. The lowest BCUT2D eigenvalue weighted by molar-refractivity contribution is -0.143. The van der Waals surface area contributed by atoms with Gasteiger partial charge in [-0.25, -0.2) is 4.79 Å². The number of ether oxygens (including phenoxy) is 1. The van der Waals surface area contributed by atoms with E-state index in [1.165, 1.54) is 0 Å². The summed E-state index contributed by atoms with van der Waals surface area (Å²) in [6.45, 7) is 0.965. The van der Waals surface area contributed by atoms with Crippen LogP contribution in [-0.2, 0) is 4.79 Å². The summed E-state index contributed by atoms with van der Waals surface area (Å²) < 4.78 is 5.09. The van der Waals surface area contributed by atoms with E-state index in [9.17, 15) is 9.59 Å². The number of benzene rings is 1. The average molecular weight is 292 g/mol. The van der Waals surface area contributed by atoms with Crippen molar-refractivity contribution in [2.24, 2.45) is 5.92 Å². The summed E-state index contributed by atoms with van der Waals surface area (Å²) >= 11 is 0. The van der Waals surface area contributed by atoms with Crippen molar-refractivity contribution in [3.63, 3.8) is 0 Å². The van der Waals surface area contributed by atoms with Gasteiger partial charge in [-0.15, -0.1) is 0 Å². The molecule has 1 aromatic rings. The Morgan fingerprint density at radius 1 is 1.24 bits per heavy atom. The first kappa shape index (κ1) is 15.2. The van der Waals surface area contributed by atoms with E-state index in [0.29, 0.717) is 25.9 Å². The minimum absolute atomic E-state index is 0.107. The Bertz CT molecular complexity index is 507. The maximum Gasteiger partial charge on any atom is 0.324 e. The number of urea groups is 1. The second kappa shape index (κ2) is 6.47. The van der Waals surface area contributed by atoms with E-state index < -0.39 is 5.97 Å². The number of aliphatic carboxylic acids is 1. The molecule has 21 heavy (non-hydrogen) atoms. The Morgan fingerprint density at radius 3 is 2.29 bits per heavy atom. The Hall–Kier alpha value is -2.24. The predicted octanol–water partition coefficient (Wildman–Crippen LogP) is 2.05. The standard InChI is InChI=1S/C15H20N2O4/c1-16(12-3-5-13(21-2)6-4-12)15(20)17-9-7-11(8-10-17)14(18)19/h3-6,11H,7-10H2,1-2H3,(H,18,19). The molecule has 1 N–H and O–H groups in total. The highest BCUT2D eigenvalue weighted by atomic mass is 16.5. The molecule has 1 saturated heterocycles. The molecule has 0 aromatic heterocycles. The predicted molar refractivity (Wildman–Crippen MR) is 78.7 cm³/mol. The van der Waals surface area contributed by atoms with Gasteiger partial charge < -0.3 is 14.7 Å².